The topological polar surface area (TPSA) is 59.9 Å². The molecule has 0 atom stereocenters. The molecular weight excluding hydrogens is 276 g/mol. The van der Waals surface area contributed by atoms with Gasteiger partial charge in [-0.3, -0.25) is 4.79 Å². The van der Waals surface area contributed by atoms with Crippen LogP contribution >= 0.6 is 11.3 Å². The summed E-state index contributed by atoms with van der Waals surface area (Å²) < 4.78 is 10.3. The van der Waals surface area contributed by atoms with Crippen LogP contribution in [0.4, 0.5) is 0 Å². The summed E-state index contributed by atoms with van der Waals surface area (Å²) in [7, 11) is 3.07. The Hall–Kier alpha value is -2.34. The van der Waals surface area contributed by atoms with Gasteiger partial charge in [-0.25, -0.2) is 5.43 Å². The number of carbonyl (C=O) groups is 1. The van der Waals surface area contributed by atoms with E-state index in [1.165, 1.54) is 7.11 Å². The van der Waals surface area contributed by atoms with Crippen molar-refractivity contribution in [3.63, 3.8) is 0 Å². The highest BCUT2D eigenvalue weighted by Crippen LogP contribution is 2.27. The Morgan fingerprint density at radius 1 is 1.25 bits per heavy atom. The largest absolute Gasteiger partial charge is 0.493 e. The van der Waals surface area contributed by atoms with E-state index in [1.54, 1.807) is 42.9 Å². The second-order valence-electron chi connectivity index (χ2n) is 3.78. The molecule has 20 heavy (non-hydrogen) atoms. The molecule has 0 unspecified atom stereocenters. The van der Waals surface area contributed by atoms with Crippen molar-refractivity contribution in [1.82, 2.24) is 5.43 Å². The number of hydrazone groups is 1. The number of ether oxygens (including phenoxy) is 2. The van der Waals surface area contributed by atoms with Gasteiger partial charge in [-0.15, -0.1) is 11.3 Å². The summed E-state index contributed by atoms with van der Waals surface area (Å²) in [5.41, 5.74) is 2.92. The number of nitrogens with zero attached hydrogens (tertiary/aromatic N) is 1. The normalized spacial score (nSPS) is 10.5. The molecule has 5 nitrogen and oxygen atoms in total. The molecule has 1 aromatic carbocycles. The van der Waals surface area contributed by atoms with E-state index in [4.69, 9.17) is 9.47 Å². The molecule has 1 amide bonds. The molecule has 1 N–H and O–H groups in total. The summed E-state index contributed by atoms with van der Waals surface area (Å²) in [6.45, 7) is 0. The van der Waals surface area contributed by atoms with Crippen LogP contribution in [0.3, 0.4) is 0 Å². The van der Waals surface area contributed by atoms with Crippen LogP contribution in [0.2, 0.25) is 0 Å². The summed E-state index contributed by atoms with van der Waals surface area (Å²) in [5.74, 6) is 0.771. The fraction of sp³-hybridized carbons (Fsp3) is 0.143. The Bertz CT molecular complexity index is 609. The van der Waals surface area contributed by atoms with Crippen molar-refractivity contribution < 1.29 is 14.3 Å². The monoisotopic (exact) mass is 290 g/mol. The number of nitrogens with one attached hydrogen (secondary N) is 1. The summed E-state index contributed by atoms with van der Waals surface area (Å²) in [6.07, 6.45) is 1.60. The number of amides is 1. The molecular formula is C14H14N2O3S. The Morgan fingerprint density at radius 3 is 2.70 bits per heavy atom. The van der Waals surface area contributed by atoms with Crippen molar-refractivity contribution in [2.45, 2.75) is 0 Å². The van der Waals surface area contributed by atoms with Gasteiger partial charge in [0.1, 0.15) is 0 Å². The first-order valence-electron chi connectivity index (χ1n) is 5.83. The summed E-state index contributed by atoms with van der Waals surface area (Å²) in [6, 6.07) is 8.77. The standard InChI is InChI=1S/C14H14N2O3S/c1-18-12-6-5-10(8-13(12)19-2)14(17)16-15-9-11-4-3-7-20-11/h3-9H,1-2H3,(H,16,17)/b15-9+. The third-order valence-corrected chi connectivity index (χ3v) is 3.35. The molecule has 0 saturated heterocycles. The molecule has 0 aliphatic heterocycles. The molecule has 0 aliphatic rings. The Balaban J connectivity index is 2.05. The van der Waals surface area contributed by atoms with Gasteiger partial charge in [0.25, 0.3) is 5.91 Å². The van der Waals surface area contributed by atoms with Gasteiger partial charge in [0.2, 0.25) is 0 Å². The molecule has 1 heterocycles. The molecule has 104 valence electrons. The van der Waals surface area contributed by atoms with Crippen LogP contribution in [0.15, 0.2) is 40.8 Å². The summed E-state index contributed by atoms with van der Waals surface area (Å²) in [5, 5.41) is 5.84. The number of carbonyl (C=O) groups excluding carboxylic acids is 1. The van der Waals surface area contributed by atoms with Gasteiger partial charge in [0, 0.05) is 10.4 Å². The predicted octanol–water partition coefficient (Wildman–Crippen LogP) is 2.53. The molecule has 0 spiro atoms. The van der Waals surface area contributed by atoms with Crippen molar-refractivity contribution in [3.05, 3.63) is 46.2 Å². The maximum atomic E-state index is 11.9. The van der Waals surface area contributed by atoms with Gasteiger partial charge in [0.05, 0.1) is 20.4 Å². The highest BCUT2D eigenvalue weighted by atomic mass is 32.1. The minimum atomic E-state index is -0.307. The van der Waals surface area contributed by atoms with Crippen molar-refractivity contribution in [1.29, 1.82) is 0 Å². The molecule has 6 heteroatoms. The highest BCUT2D eigenvalue weighted by Gasteiger charge is 2.09. The lowest BCUT2D eigenvalue weighted by atomic mass is 10.2. The second kappa shape index (κ2) is 6.72. The van der Waals surface area contributed by atoms with Crippen LogP contribution in [0, 0.1) is 0 Å². The van der Waals surface area contributed by atoms with E-state index in [-0.39, 0.29) is 5.91 Å². The average Bonchev–Trinajstić information content (AvgIpc) is 2.99. The van der Waals surface area contributed by atoms with Gasteiger partial charge in [0.15, 0.2) is 11.5 Å². The minimum Gasteiger partial charge on any atom is -0.493 e. The van der Waals surface area contributed by atoms with E-state index >= 15 is 0 Å². The molecule has 2 rings (SSSR count). The first kappa shape index (κ1) is 14.1. The van der Waals surface area contributed by atoms with Crippen LogP contribution in [-0.2, 0) is 0 Å². The van der Waals surface area contributed by atoms with Crippen LogP contribution in [0.5, 0.6) is 11.5 Å². The SMILES string of the molecule is COc1ccc(C(=O)N/N=C/c2cccs2)cc1OC. The minimum absolute atomic E-state index is 0.307. The van der Waals surface area contributed by atoms with Gasteiger partial charge >= 0.3 is 0 Å². The quantitative estimate of drug-likeness (QED) is 0.680. The van der Waals surface area contributed by atoms with Gasteiger partial charge in [-0.1, -0.05) is 6.07 Å². The van der Waals surface area contributed by atoms with Crippen LogP contribution in [0.25, 0.3) is 0 Å². The van der Waals surface area contributed by atoms with Crippen molar-refractivity contribution in [3.8, 4) is 11.5 Å². The molecule has 1 aromatic heterocycles. The number of methoxy groups -OCH3 is 2. The van der Waals surface area contributed by atoms with Crippen molar-refractivity contribution in [2.24, 2.45) is 5.10 Å². The molecule has 0 bridgehead atoms. The number of hydrogen-bond donors (Lipinski definition) is 1. The molecule has 0 saturated carbocycles. The Labute approximate surface area is 120 Å². The zero-order valence-corrected chi connectivity index (χ0v) is 11.9. The summed E-state index contributed by atoms with van der Waals surface area (Å²) in [4.78, 5) is 12.9. The number of rotatable bonds is 5. The summed E-state index contributed by atoms with van der Waals surface area (Å²) >= 11 is 1.54. The lowest BCUT2D eigenvalue weighted by molar-refractivity contribution is 0.0954. The zero-order valence-electron chi connectivity index (χ0n) is 11.1. The van der Waals surface area contributed by atoms with E-state index in [0.29, 0.717) is 17.1 Å². The second-order valence-corrected chi connectivity index (χ2v) is 4.76. The van der Waals surface area contributed by atoms with Crippen LogP contribution in [-0.4, -0.2) is 26.3 Å². The first-order chi connectivity index (χ1) is 9.74. The van der Waals surface area contributed by atoms with E-state index in [2.05, 4.69) is 10.5 Å². The Morgan fingerprint density at radius 2 is 2.05 bits per heavy atom. The zero-order chi connectivity index (χ0) is 14.4. The van der Waals surface area contributed by atoms with Gasteiger partial charge in [-0.05, 0) is 29.6 Å². The first-order valence-corrected chi connectivity index (χ1v) is 6.71. The maximum absolute atomic E-state index is 11.9. The van der Waals surface area contributed by atoms with E-state index < -0.39 is 0 Å². The van der Waals surface area contributed by atoms with Crippen LogP contribution < -0.4 is 14.9 Å². The fourth-order valence-corrected chi connectivity index (χ4v) is 2.15. The van der Waals surface area contributed by atoms with Gasteiger partial charge in [-0.2, -0.15) is 5.10 Å². The average molecular weight is 290 g/mol. The lowest BCUT2D eigenvalue weighted by Crippen LogP contribution is -2.17. The number of benzene rings is 1. The van der Waals surface area contributed by atoms with Crippen molar-refractivity contribution >= 4 is 23.5 Å². The van der Waals surface area contributed by atoms with Gasteiger partial charge < -0.3 is 9.47 Å². The third kappa shape index (κ3) is 3.36. The van der Waals surface area contributed by atoms with Crippen molar-refractivity contribution in [2.75, 3.05) is 14.2 Å². The van der Waals surface area contributed by atoms with E-state index in [9.17, 15) is 4.79 Å². The fourth-order valence-electron chi connectivity index (χ4n) is 1.56. The van der Waals surface area contributed by atoms with E-state index in [0.717, 1.165) is 4.88 Å². The van der Waals surface area contributed by atoms with E-state index in [1.807, 2.05) is 17.5 Å². The predicted molar refractivity (Wildman–Crippen MR) is 78.9 cm³/mol. The smallest absolute Gasteiger partial charge is 0.271 e. The Kier molecular flexibility index (Phi) is 4.73. The molecule has 2 aromatic rings. The number of thiophene rings is 1. The maximum Gasteiger partial charge on any atom is 0.271 e. The highest BCUT2D eigenvalue weighted by molar-refractivity contribution is 7.11. The molecule has 0 fully saturated rings. The molecule has 0 radical (unpaired) electrons. The molecule has 0 aliphatic carbocycles. The lowest BCUT2D eigenvalue weighted by Gasteiger charge is -2.08. The third-order valence-electron chi connectivity index (χ3n) is 2.55. The number of hydrogen-bond acceptors (Lipinski definition) is 5. The van der Waals surface area contributed by atoms with Crippen LogP contribution in [0.1, 0.15) is 15.2 Å².